The fraction of sp³-hybridized carbons (Fsp3) is 0.625. The minimum Gasteiger partial charge on any atom is -0.377 e. The normalized spacial score (nSPS) is 21.2. The van der Waals surface area contributed by atoms with Gasteiger partial charge in [-0.1, -0.05) is 31.2 Å². The van der Waals surface area contributed by atoms with Crippen molar-refractivity contribution in [3.63, 3.8) is 0 Å². The van der Waals surface area contributed by atoms with Crippen LogP contribution >= 0.6 is 24.0 Å². The van der Waals surface area contributed by atoms with Crippen molar-refractivity contribution >= 4 is 29.9 Å². The number of benzene rings is 1. The Hall–Kier alpha value is -1.72. The van der Waals surface area contributed by atoms with Crippen LogP contribution in [0.2, 0.25) is 0 Å². The number of aliphatic imine (C=N–C) groups is 1. The molecular formula is C24H38IN7O. The Morgan fingerprint density at radius 3 is 2.70 bits per heavy atom. The number of likely N-dealkylation sites (tertiary alicyclic amines) is 1. The Bertz CT molecular complexity index is 899. The number of aromatic nitrogens is 3. The van der Waals surface area contributed by atoms with Crippen molar-refractivity contribution in [3.8, 4) is 0 Å². The molecule has 0 spiro atoms. The van der Waals surface area contributed by atoms with Gasteiger partial charge in [-0.25, -0.2) is 9.67 Å². The number of nitrogens with one attached hydrogen (secondary N) is 2. The van der Waals surface area contributed by atoms with Crippen molar-refractivity contribution in [1.29, 1.82) is 0 Å². The zero-order chi connectivity index (χ0) is 22.3. The molecule has 2 unspecified atom stereocenters. The summed E-state index contributed by atoms with van der Waals surface area (Å²) >= 11 is 0. The number of hydrogen-bond donors (Lipinski definition) is 2. The van der Waals surface area contributed by atoms with Gasteiger partial charge in [-0.05, 0) is 42.9 Å². The highest BCUT2D eigenvalue weighted by Crippen LogP contribution is 2.18. The maximum atomic E-state index is 5.15. The third-order valence-electron chi connectivity index (χ3n) is 6.37. The summed E-state index contributed by atoms with van der Waals surface area (Å²) < 4.78 is 7.14. The molecule has 0 radical (unpaired) electrons. The molecule has 0 aliphatic carbocycles. The smallest absolute Gasteiger partial charge is 0.191 e. The average molecular weight is 568 g/mol. The van der Waals surface area contributed by atoms with Crippen molar-refractivity contribution in [2.75, 3.05) is 27.2 Å². The van der Waals surface area contributed by atoms with Gasteiger partial charge < -0.3 is 15.4 Å². The molecule has 33 heavy (non-hydrogen) atoms. The van der Waals surface area contributed by atoms with Gasteiger partial charge in [0.2, 0.25) is 0 Å². The molecule has 3 heterocycles. The first-order chi connectivity index (χ1) is 15.6. The molecule has 2 N–H and O–H groups in total. The maximum Gasteiger partial charge on any atom is 0.191 e. The number of hydrogen-bond acceptors (Lipinski definition) is 5. The van der Waals surface area contributed by atoms with Gasteiger partial charge in [-0.2, -0.15) is 5.10 Å². The summed E-state index contributed by atoms with van der Waals surface area (Å²) in [5.74, 6) is 3.43. The van der Waals surface area contributed by atoms with E-state index in [1.807, 2.05) is 11.7 Å². The molecule has 0 bridgehead atoms. The standard InChI is InChI=1S/C24H37N7O.HI/c1-18-5-4-12-30(14-18)15-20-8-6-19(7-9-20)13-26-24(25-2)27-21-10-11-23-28-22(17-32-3)29-31(23)16-21;/h6-9,18,21H,4-5,10-17H2,1-3H3,(H2,25,26,27);1H. The second kappa shape index (κ2) is 12.7. The predicted molar refractivity (Wildman–Crippen MR) is 142 cm³/mol. The topological polar surface area (TPSA) is 79.6 Å². The molecule has 1 aromatic heterocycles. The van der Waals surface area contributed by atoms with Crippen LogP contribution in [0.3, 0.4) is 0 Å². The molecule has 9 heteroatoms. The number of fused-ring (bicyclic) bond motifs is 1. The second-order valence-corrected chi connectivity index (χ2v) is 9.16. The van der Waals surface area contributed by atoms with Crippen LogP contribution in [0.4, 0.5) is 0 Å². The minimum absolute atomic E-state index is 0. The lowest BCUT2D eigenvalue weighted by atomic mass is 9.99. The Balaban J connectivity index is 0.00000306. The number of halogens is 1. The molecule has 0 amide bonds. The summed E-state index contributed by atoms with van der Waals surface area (Å²) in [5.41, 5.74) is 2.65. The van der Waals surface area contributed by atoms with Gasteiger partial charge >= 0.3 is 0 Å². The van der Waals surface area contributed by atoms with Crippen LogP contribution in [0.15, 0.2) is 29.3 Å². The van der Waals surface area contributed by atoms with Crippen molar-refractivity contribution in [1.82, 2.24) is 30.3 Å². The van der Waals surface area contributed by atoms with E-state index in [1.54, 1.807) is 7.11 Å². The lowest BCUT2D eigenvalue weighted by Gasteiger charge is -2.30. The molecule has 2 aromatic rings. The predicted octanol–water partition coefficient (Wildman–Crippen LogP) is 2.95. The highest BCUT2D eigenvalue weighted by Gasteiger charge is 2.22. The summed E-state index contributed by atoms with van der Waals surface area (Å²) in [7, 11) is 3.49. The number of rotatable bonds is 7. The van der Waals surface area contributed by atoms with Gasteiger partial charge in [0.05, 0.1) is 6.54 Å². The zero-order valence-corrected chi connectivity index (χ0v) is 22.4. The fourth-order valence-electron chi connectivity index (χ4n) is 4.69. The zero-order valence-electron chi connectivity index (χ0n) is 20.1. The van der Waals surface area contributed by atoms with Crippen molar-refractivity contribution < 1.29 is 4.74 Å². The Morgan fingerprint density at radius 1 is 1.18 bits per heavy atom. The van der Waals surface area contributed by atoms with E-state index in [4.69, 9.17) is 4.74 Å². The van der Waals surface area contributed by atoms with Crippen LogP contribution in [-0.2, 0) is 37.4 Å². The van der Waals surface area contributed by atoms with Gasteiger partial charge in [0, 0.05) is 46.3 Å². The SMILES string of the molecule is CN=C(NCc1ccc(CN2CCCC(C)C2)cc1)NC1CCc2nc(COC)nn2C1.I. The molecule has 8 nitrogen and oxygen atoms in total. The third-order valence-corrected chi connectivity index (χ3v) is 6.37. The molecule has 1 aromatic carbocycles. The van der Waals surface area contributed by atoms with Crippen molar-refractivity contribution in [2.45, 2.75) is 64.9 Å². The lowest BCUT2D eigenvalue weighted by Crippen LogP contribution is -2.46. The summed E-state index contributed by atoms with van der Waals surface area (Å²) in [6.45, 7) is 7.85. The second-order valence-electron chi connectivity index (χ2n) is 9.16. The molecule has 1 saturated heterocycles. The molecular weight excluding hydrogens is 529 g/mol. The first-order valence-electron chi connectivity index (χ1n) is 11.8. The molecule has 0 saturated carbocycles. The van der Waals surface area contributed by atoms with Gasteiger partial charge in [0.1, 0.15) is 12.4 Å². The number of aryl methyl sites for hydroxylation is 1. The fourth-order valence-corrected chi connectivity index (χ4v) is 4.69. The van der Waals surface area contributed by atoms with Gasteiger partial charge in [0.25, 0.3) is 0 Å². The maximum absolute atomic E-state index is 5.15. The number of methoxy groups -OCH3 is 1. The summed E-state index contributed by atoms with van der Waals surface area (Å²) in [5, 5.41) is 11.5. The quantitative estimate of drug-likeness (QED) is 0.305. The molecule has 182 valence electrons. The van der Waals surface area contributed by atoms with Crippen LogP contribution < -0.4 is 10.6 Å². The van der Waals surface area contributed by atoms with E-state index in [0.717, 1.165) is 56.0 Å². The average Bonchev–Trinajstić information content (AvgIpc) is 3.19. The Morgan fingerprint density at radius 2 is 1.97 bits per heavy atom. The van der Waals surface area contributed by atoms with E-state index in [2.05, 4.69) is 61.8 Å². The van der Waals surface area contributed by atoms with E-state index in [1.165, 1.54) is 37.1 Å². The van der Waals surface area contributed by atoms with Crippen molar-refractivity contribution in [2.24, 2.45) is 10.9 Å². The van der Waals surface area contributed by atoms with E-state index < -0.39 is 0 Å². The molecule has 2 aliphatic rings. The van der Waals surface area contributed by atoms with Crippen LogP contribution in [0.5, 0.6) is 0 Å². The summed E-state index contributed by atoms with van der Waals surface area (Å²) in [6.07, 6.45) is 4.60. The molecule has 2 atom stereocenters. The number of nitrogens with zero attached hydrogens (tertiary/aromatic N) is 5. The highest BCUT2D eigenvalue weighted by molar-refractivity contribution is 14.0. The monoisotopic (exact) mass is 567 g/mol. The van der Waals surface area contributed by atoms with Crippen LogP contribution in [0, 0.1) is 5.92 Å². The molecule has 2 aliphatic heterocycles. The summed E-state index contributed by atoms with van der Waals surface area (Å²) in [6, 6.07) is 9.25. The largest absolute Gasteiger partial charge is 0.377 e. The van der Waals surface area contributed by atoms with Crippen LogP contribution in [0.25, 0.3) is 0 Å². The number of piperidine rings is 1. The third kappa shape index (κ3) is 7.38. The molecule has 4 rings (SSSR count). The molecule has 1 fully saturated rings. The van der Waals surface area contributed by atoms with Gasteiger partial charge in [-0.3, -0.25) is 9.89 Å². The number of guanidine groups is 1. The van der Waals surface area contributed by atoms with Crippen molar-refractivity contribution in [3.05, 3.63) is 47.0 Å². The van der Waals surface area contributed by atoms with E-state index in [0.29, 0.717) is 6.61 Å². The van der Waals surface area contributed by atoms with Crippen LogP contribution in [0.1, 0.15) is 49.0 Å². The summed E-state index contributed by atoms with van der Waals surface area (Å²) in [4.78, 5) is 11.5. The lowest BCUT2D eigenvalue weighted by molar-refractivity contribution is 0.176. The Labute approximate surface area is 214 Å². The van der Waals surface area contributed by atoms with E-state index in [9.17, 15) is 0 Å². The Kier molecular flexibility index (Phi) is 9.94. The van der Waals surface area contributed by atoms with E-state index >= 15 is 0 Å². The van der Waals surface area contributed by atoms with Gasteiger partial charge in [-0.15, -0.1) is 24.0 Å². The minimum atomic E-state index is 0. The number of ether oxygens (including phenoxy) is 1. The first-order valence-corrected chi connectivity index (χ1v) is 11.8. The first kappa shape index (κ1) is 25.9. The van der Waals surface area contributed by atoms with E-state index in [-0.39, 0.29) is 30.0 Å². The van der Waals surface area contributed by atoms with Crippen LogP contribution in [-0.4, -0.2) is 58.9 Å². The highest BCUT2D eigenvalue weighted by atomic mass is 127. The van der Waals surface area contributed by atoms with Gasteiger partial charge in [0.15, 0.2) is 11.8 Å².